The first-order valence-corrected chi connectivity index (χ1v) is 14.8. The molecule has 0 amide bonds. The number of furan rings is 1. The summed E-state index contributed by atoms with van der Waals surface area (Å²) >= 11 is 0. The van der Waals surface area contributed by atoms with Crippen LogP contribution < -0.4 is 0 Å². The predicted octanol–water partition coefficient (Wildman–Crippen LogP) is 9.79. The number of pyridine rings is 2. The number of benzene rings is 5. The van der Waals surface area contributed by atoms with Gasteiger partial charge in [-0.3, -0.25) is 4.98 Å². The van der Waals surface area contributed by atoms with Crippen molar-refractivity contribution in [3.63, 3.8) is 0 Å². The summed E-state index contributed by atoms with van der Waals surface area (Å²) in [5.74, 6) is 0.767. The van der Waals surface area contributed by atoms with Gasteiger partial charge in [-0.1, -0.05) is 77.7 Å². The second kappa shape index (κ2) is 12.5. The van der Waals surface area contributed by atoms with Gasteiger partial charge in [0, 0.05) is 48.5 Å². The van der Waals surface area contributed by atoms with Gasteiger partial charge in [0.2, 0.25) is 0 Å². The number of hydrogen-bond acceptors (Lipinski definition) is 4. The number of para-hydroxylation sites is 1. The van der Waals surface area contributed by atoms with E-state index in [1.807, 2.05) is 97.9 Å². The van der Waals surface area contributed by atoms with Crippen LogP contribution in [-0.4, -0.2) is 19.5 Å². The Kier molecular flexibility index (Phi) is 7.98. The van der Waals surface area contributed by atoms with Gasteiger partial charge in [0.1, 0.15) is 5.58 Å². The number of aromatic nitrogens is 4. The van der Waals surface area contributed by atoms with Crippen molar-refractivity contribution in [2.75, 3.05) is 0 Å². The second-order valence-electron chi connectivity index (χ2n) is 10.8. The van der Waals surface area contributed by atoms with Crippen LogP contribution in [0.4, 0.5) is 0 Å². The molecule has 223 valence electrons. The summed E-state index contributed by atoms with van der Waals surface area (Å²) in [6.45, 7) is 2.00. The summed E-state index contributed by atoms with van der Waals surface area (Å²) in [5.41, 5.74) is 8.12. The molecule has 4 aromatic heterocycles. The third-order valence-corrected chi connectivity index (χ3v) is 7.85. The van der Waals surface area contributed by atoms with Gasteiger partial charge in [-0.25, -0.2) is 4.98 Å². The van der Waals surface area contributed by atoms with Gasteiger partial charge >= 0.3 is 0 Å². The molecule has 1 radical (unpaired) electrons. The van der Waals surface area contributed by atoms with Gasteiger partial charge in [0.15, 0.2) is 5.65 Å². The van der Waals surface area contributed by atoms with Crippen LogP contribution in [-0.2, 0) is 20.1 Å². The fourth-order valence-corrected chi connectivity index (χ4v) is 5.75. The SMILES string of the molecule is Cc1ccc2nc(-c3[c-]ccc4c3oc3c5ccccc5ccc43)n(-c3ccccc3)c2n1.[Ir].[c-]1ccccc1-c1ccccn1. The number of nitrogens with zero attached hydrogens (tertiary/aromatic N) is 4. The van der Waals surface area contributed by atoms with E-state index in [1.165, 1.54) is 0 Å². The molecule has 0 atom stereocenters. The smallest absolute Gasteiger partial charge is 0.155 e. The minimum Gasteiger partial charge on any atom is -0.500 e. The van der Waals surface area contributed by atoms with Crippen molar-refractivity contribution in [3.8, 4) is 28.3 Å². The summed E-state index contributed by atoms with van der Waals surface area (Å²) in [5, 5.41) is 4.41. The van der Waals surface area contributed by atoms with E-state index in [1.54, 1.807) is 6.20 Å². The number of hydrogen-bond donors (Lipinski definition) is 0. The fourth-order valence-electron chi connectivity index (χ4n) is 5.75. The maximum atomic E-state index is 6.56. The maximum Gasteiger partial charge on any atom is 0.155 e. The molecular weight excluding hydrogens is 745 g/mol. The number of rotatable bonds is 3. The molecule has 9 rings (SSSR count). The third-order valence-electron chi connectivity index (χ3n) is 7.85. The molecule has 0 fully saturated rings. The summed E-state index contributed by atoms with van der Waals surface area (Å²) < 4.78 is 8.65. The Morgan fingerprint density at radius 2 is 1.43 bits per heavy atom. The summed E-state index contributed by atoms with van der Waals surface area (Å²) in [4.78, 5) is 14.0. The Bertz CT molecular complexity index is 2400. The standard InChI is InChI=1S/C29H18N3O.C11H8N.Ir/c1-18-14-17-25-29(30-18)32(20-9-3-2-4-10-20)28(31-25)24-13-7-12-22-23-16-15-19-8-5-6-11-21(19)26(23)33-27(22)24;1-2-6-10(7-3-1)11-8-4-5-9-12-11;/h2-12,14-17H,1H3;1-6,8-9H;/q2*-1;. The van der Waals surface area contributed by atoms with E-state index in [0.29, 0.717) is 0 Å². The van der Waals surface area contributed by atoms with E-state index in [2.05, 4.69) is 64.1 Å². The molecule has 0 saturated carbocycles. The van der Waals surface area contributed by atoms with Gasteiger partial charge < -0.3 is 14.0 Å². The van der Waals surface area contributed by atoms with E-state index in [4.69, 9.17) is 14.4 Å². The average molecular weight is 771 g/mol. The van der Waals surface area contributed by atoms with E-state index in [9.17, 15) is 0 Å². The van der Waals surface area contributed by atoms with Crippen LogP contribution in [0.2, 0.25) is 0 Å². The monoisotopic (exact) mass is 771 g/mol. The van der Waals surface area contributed by atoms with Crippen LogP contribution in [0.1, 0.15) is 5.69 Å². The van der Waals surface area contributed by atoms with Crippen LogP contribution in [0.5, 0.6) is 0 Å². The van der Waals surface area contributed by atoms with Gasteiger partial charge in [-0.2, -0.15) is 0 Å². The Morgan fingerprint density at radius 1 is 0.630 bits per heavy atom. The van der Waals surface area contributed by atoms with Crippen molar-refractivity contribution in [2.24, 2.45) is 0 Å². The second-order valence-corrected chi connectivity index (χ2v) is 10.8. The first-order valence-electron chi connectivity index (χ1n) is 14.8. The fraction of sp³-hybridized carbons (Fsp3) is 0.0250. The van der Waals surface area contributed by atoms with Crippen molar-refractivity contribution >= 4 is 43.9 Å². The van der Waals surface area contributed by atoms with Crippen LogP contribution in [0.25, 0.3) is 72.2 Å². The summed E-state index contributed by atoms with van der Waals surface area (Å²) in [6, 6.07) is 51.1. The molecule has 0 N–H and O–H groups in total. The van der Waals surface area contributed by atoms with Crippen LogP contribution in [0.3, 0.4) is 0 Å². The normalized spacial score (nSPS) is 11.0. The first-order chi connectivity index (χ1) is 22.2. The van der Waals surface area contributed by atoms with E-state index in [-0.39, 0.29) is 20.1 Å². The molecule has 5 nitrogen and oxygen atoms in total. The Labute approximate surface area is 279 Å². The van der Waals surface area contributed by atoms with Crippen molar-refractivity contribution < 1.29 is 24.5 Å². The van der Waals surface area contributed by atoms with Crippen molar-refractivity contribution in [1.29, 1.82) is 0 Å². The largest absolute Gasteiger partial charge is 0.500 e. The minimum absolute atomic E-state index is 0. The zero-order valence-corrected chi connectivity index (χ0v) is 27.2. The molecule has 0 aliphatic heterocycles. The molecule has 5 aromatic carbocycles. The summed E-state index contributed by atoms with van der Waals surface area (Å²) in [7, 11) is 0. The molecule has 0 aliphatic carbocycles. The molecule has 0 saturated heterocycles. The Balaban J connectivity index is 0.000000220. The molecule has 4 heterocycles. The molecule has 46 heavy (non-hydrogen) atoms. The molecule has 9 aromatic rings. The zero-order chi connectivity index (χ0) is 30.2. The van der Waals surface area contributed by atoms with Gasteiger partial charge in [0.05, 0.1) is 16.9 Å². The first kappa shape index (κ1) is 29.3. The van der Waals surface area contributed by atoms with Gasteiger partial charge in [-0.15, -0.1) is 54.1 Å². The van der Waals surface area contributed by atoms with Crippen LogP contribution in [0, 0.1) is 19.1 Å². The minimum atomic E-state index is 0. The molecule has 0 spiro atoms. The van der Waals surface area contributed by atoms with Crippen molar-refractivity contribution in [1.82, 2.24) is 19.5 Å². The molecule has 0 unspecified atom stereocenters. The van der Waals surface area contributed by atoms with Crippen LogP contribution >= 0.6 is 0 Å². The van der Waals surface area contributed by atoms with Crippen LogP contribution in [0.15, 0.2) is 144 Å². The number of imidazole rings is 1. The maximum absolute atomic E-state index is 6.56. The molecule has 0 bridgehead atoms. The topological polar surface area (TPSA) is 56.7 Å². The third kappa shape index (κ3) is 5.28. The number of aryl methyl sites for hydroxylation is 1. The average Bonchev–Trinajstić information content (AvgIpc) is 3.68. The van der Waals surface area contributed by atoms with E-state index >= 15 is 0 Å². The predicted molar refractivity (Wildman–Crippen MR) is 181 cm³/mol. The van der Waals surface area contributed by atoms with Crippen molar-refractivity contribution in [3.05, 3.63) is 157 Å². The molecular formula is C40H26IrN4O-2. The van der Waals surface area contributed by atoms with Gasteiger partial charge in [0.25, 0.3) is 0 Å². The Hall–Kier alpha value is -5.42. The molecule has 6 heteroatoms. The number of fused-ring (bicyclic) bond motifs is 6. The van der Waals surface area contributed by atoms with Gasteiger partial charge in [-0.05, 0) is 48.3 Å². The quantitative estimate of drug-likeness (QED) is 0.168. The van der Waals surface area contributed by atoms with E-state index < -0.39 is 0 Å². The van der Waals surface area contributed by atoms with E-state index in [0.717, 1.165) is 77.9 Å². The van der Waals surface area contributed by atoms with Crippen molar-refractivity contribution in [2.45, 2.75) is 6.92 Å². The summed E-state index contributed by atoms with van der Waals surface area (Å²) in [6.07, 6.45) is 1.79. The molecule has 0 aliphatic rings. The Morgan fingerprint density at radius 3 is 2.26 bits per heavy atom. The zero-order valence-electron chi connectivity index (χ0n) is 24.8.